The number of ether oxygens (including phenoxy) is 3. The highest BCUT2D eigenvalue weighted by Gasteiger charge is 2.43. The Kier molecular flexibility index (Phi) is 6.61. The van der Waals surface area contributed by atoms with Gasteiger partial charge in [0.15, 0.2) is 0 Å². The van der Waals surface area contributed by atoms with E-state index in [1.54, 1.807) is 24.3 Å². The standard InChI is InChI=1S/C25H30O5/c1-16-6-10-18(11-7-16)23(26)28-15-21-20(14-22(29-21)25(3,4)5)30-24(27)19-12-8-17(2)9-13-19/h6-13,20-22H,14-15H2,1-5H3/t20-,21+,22+/m0/s1. The van der Waals surface area contributed by atoms with Crippen LogP contribution in [0, 0.1) is 19.3 Å². The van der Waals surface area contributed by atoms with Crippen LogP contribution in [0.15, 0.2) is 48.5 Å². The van der Waals surface area contributed by atoms with Gasteiger partial charge in [-0.1, -0.05) is 56.2 Å². The lowest BCUT2D eigenvalue weighted by Gasteiger charge is -2.26. The van der Waals surface area contributed by atoms with Crippen molar-refractivity contribution in [2.45, 2.75) is 59.4 Å². The van der Waals surface area contributed by atoms with Gasteiger partial charge in [0.2, 0.25) is 0 Å². The maximum Gasteiger partial charge on any atom is 0.338 e. The Labute approximate surface area is 178 Å². The van der Waals surface area contributed by atoms with Crippen LogP contribution in [0.5, 0.6) is 0 Å². The van der Waals surface area contributed by atoms with Crippen LogP contribution in [0.1, 0.15) is 59.0 Å². The normalized spacial score (nSPS) is 21.3. The van der Waals surface area contributed by atoms with Gasteiger partial charge in [0.05, 0.1) is 17.2 Å². The van der Waals surface area contributed by atoms with Crippen molar-refractivity contribution in [3.8, 4) is 0 Å². The molecule has 1 aliphatic heterocycles. The van der Waals surface area contributed by atoms with Crippen LogP contribution in [0.25, 0.3) is 0 Å². The van der Waals surface area contributed by atoms with Crippen LogP contribution in [0.4, 0.5) is 0 Å². The molecule has 1 saturated heterocycles. The van der Waals surface area contributed by atoms with Gasteiger partial charge >= 0.3 is 11.9 Å². The molecule has 5 heteroatoms. The molecule has 2 aromatic rings. The van der Waals surface area contributed by atoms with Crippen molar-refractivity contribution in [3.63, 3.8) is 0 Å². The molecule has 0 saturated carbocycles. The summed E-state index contributed by atoms with van der Waals surface area (Å²) in [4.78, 5) is 25.0. The van der Waals surface area contributed by atoms with Gasteiger partial charge in [0.1, 0.15) is 18.8 Å². The van der Waals surface area contributed by atoms with Gasteiger partial charge in [-0.15, -0.1) is 0 Å². The van der Waals surface area contributed by atoms with Crippen molar-refractivity contribution in [1.82, 2.24) is 0 Å². The molecule has 0 bridgehead atoms. The third kappa shape index (κ3) is 5.48. The fourth-order valence-corrected chi connectivity index (χ4v) is 3.37. The van der Waals surface area contributed by atoms with E-state index in [0.717, 1.165) is 11.1 Å². The molecule has 1 aliphatic rings. The zero-order valence-corrected chi connectivity index (χ0v) is 18.3. The number of esters is 2. The summed E-state index contributed by atoms with van der Waals surface area (Å²) in [5, 5.41) is 0. The lowest BCUT2D eigenvalue weighted by Crippen LogP contribution is -2.32. The average Bonchev–Trinajstić information content (AvgIpc) is 3.10. The summed E-state index contributed by atoms with van der Waals surface area (Å²) in [6.45, 7) is 10.2. The number of aryl methyl sites for hydroxylation is 2. The number of carbonyl (C=O) groups is 2. The number of rotatable bonds is 5. The van der Waals surface area contributed by atoms with Crippen molar-refractivity contribution in [2.75, 3.05) is 6.61 Å². The van der Waals surface area contributed by atoms with E-state index in [4.69, 9.17) is 14.2 Å². The van der Waals surface area contributed by atoms with Crippen LogP contribution < -0.4 is 0 Å². The van der Waals surface area contributed by atoms with E-state index in [1.807, 2.05) is 38.1 Å². The number of carbonyl (C=O) groups excluding carboxylic acids is 2. The Morgan fingerprint density at radius 1 is 0.900 bits per heavy atom. The molecule has 30 heavy (non-hydrogen) atoms. The summed E-state index contributed by atoms with van der Waals surface area (Å²) in [5.74, 6) is -0.811. The fraction of sp³-hybridized carbons (Fsp3) is 0.440. The molecule has 0 radical (unpaired) electrons. The van der Waals surface area contributed by atoms with Gasteiger partial charge in [-0.3, -0.25) is 0 Å². The van der Waals surface area contributed by atoms with Crippen LogP contribution in [-0.4, -0.2) is 36.9 Å². The zero-order valence-electron chi connectivity index (χ0n) is 18.3. The quantitative estimate of drug-likeness (QED) is 0.657. The van der Waals surface area contributed by atoms with E-state index in [9.17, 15) is 9.59 Å². The Bertz CT molecular complexity index is 877. The van der Waals surface area contributed by atoms with Gasteiger partial charge < -0.3 is 14.2 Å². The Morgan fingerprint density at radius 3 is 1.90 bits per heavy atom. The summed E-state index contributed by atoms with van der Waals surface area (Å²) >= 11 is 0. The van der Waals surface area contributed by atoms with E-state index < -0.39 is 24.1 Å². The van der Waals surface area contributed by atoms with Crippen LogP contribution in [0.3, 0.4) is 0 Å². The molecule has 0 aromatic heterocycles. The molecule has 3 rings (SSSR count). The second-order valence-electron chi connectivity index (χ2n) is 9.04. The number of hydrogen-bond donors (Lipinski definition) is 0. The first-order chi connectivity index (χ1) is 14.1. The molecule has 1 heterocycles. The molecule has 0 N–H and O–H groups in total. The van der Waals surface area contributed by atoms with Crippen LogP contribution >= 0.6 is 0 Å². The zero-order chi connectivity index (χ0) is 21.9. The van der Waals surface area contributed by atoms with E-state index in [-0.39, 0.29) is 18.1 Å². The minimum atomic E-state index is -0.502. The van der Waals surface area contributed by atoms with E-state index in [0.29, 0.717) is 17.5 Å². The maximum atomic E-state index is 12.6. The number of benzene rings is 2. The van der Waals surface area contributed by atoms with E-state index in [1.165, 1.54) is 0 Å². The SMILES string of the molecule is Cc1ccc(C(=O)OC[C@H]2O[C@@H](C(C)(C)C)C[C@@H]2OC(=O)c2ccc(C)cc2)cc1. The second kappa shape index (κ2) is 9.00. The molecule has 3 atom stereocenters. The molecular weight excluding hydrogens is 380 g/mol. The monoisotopic (exact) mass is 410 g/mol. The maximum absolute atomic E-state index is 12.6. The molecule has 0 spiro atoms. The Hall–Kier alpha value is -2.66. The topological polar surface area (TPSA) is 61.8 Å². The third-order valence-electron chi connectivity index (χ3n) is 5.38. The van der Waals surface area contributed by atoms with Crippen molar-refractivity contribution < 1.29 is 23.8 Å². The van der Waals surface area contributed by atoms with E-state index in [2.05, 4.69) is 20.8 Å². The van der Waals surface area contributed by atoms with Gasteiger partial charge in [0, 0.05) is 6.42 Å². The molecular formula is C25H30O5. The van der Waals surface area contributed by atoms with E-state index >= 15 is 0 Å². The molecule has 0 aliphatic carbocycles. The van der Waals surface area contributed by atoms with Gasteiger partial charge in [-0.25, -0.2) is 9.59 Å². The highest BCUT2D eigenvalue weighted by molar-refractivity contribution is 5.90. The molecule has 5 nitrogen and oxygen atoms in total. The number of hydrogen-bond acceptors (Lipinski definition) is 5. The first-order valence-corrected chi connectivity index (χ1v) is 10.3. The highest BCUT2D eigenvalue weighted by Crippen LogP contribution is 2.35. The lowest BCUT2D eigenvalue weighted by molar-refractivity contribution is -0.0626. The highest BCUT2D eigenvalue weighted by atomic mass is 16.6. The predicted octanol–water partition coefficient (Wildman–Crippen LogP) is 4.89. The Balaban J connectivity index is 1.67. The Morgan fingerprint density at radius 2 is 1.40 bits per heavy atom. The summed E-state index contributed by atoms with van der Waals surface area (Å²) in [5.41, 5.74) is 3.00. The van der Waals surface area contributed by atoms with Crippen LogP contribution in [-0.2, 0) is 14.2 Å². The van der Waals surface area contributed by atoms with Crippen molar-refractivity contribution in [3.05, 3.63) is 70.8 Å². The predicted molar refractivity (Wildman–Crippen MR) is 115 cm³/mol. The van der Waals surface area contributed by atoms with Crippen molar-refractivity contribution >= 4 is 11.9 Å². The van der Waals surface area contributed by atoms with Gasteiger partial charge in [-0.05, 0) is 43.5 Å². The minimum Gasteiger partial charge on any atom is -0.459 e. The molecule has 0 amide bonds. The third-order valence-corrected chi connectivity index (χ3v) is 5.38. The fourth-order valence-electron chi connectivity index (χ4n) is 3.37. The summed E-state index contributed by atoms with van der Waals surface area (Å²) in [6.07, 6.45) is -0.517. The summed E-state index contributed by atoms with van der Waals surface area (Å²) in [6, 6.07) is 14.5. The average molecular weight is 411 g/mol. The first-order valence-electron chi connectivity index (χ1n) is 10.3. The van der Waals surface area contributed by atoms with Gasteiger partial charge in [-0.2, -0.15) is 0 Å². The van der Waals surface area contributed by atoms with Crippen molar-refractivity contribution in [2.24, 2.45) is 5.41 Å². The molecule has 1 fully saturated rings. The second-order valence-corrected chi connectivity index (χ2v) is 9.04. The summed E-state index contributed by atoms with van der Waals surface area (Å²) < 4.78 is 17.4. The largest absolute Gasteiger partial charge is 0.459 e. The molecule has 0 unspecified atom stereocenters. The minimum absolute atomic E-state index is 0.0329. The lowest BCUT2D eigenvalue weighted by atomic mass is 9.87. The van der Waals surface area contributed by atoms with Crippen molar-refractivity contribution in [1.29, 1.82) is 0 Å². The molecule has 160 valence electrons. The molecule has 2 aromatic carbocycles. The van der Waals surface area contributed by atoms with Gasteiger partial charge in [0.25, 0.3) is 0 Å². The van der Waals surface area contributed by atoms with Crippen LogP contribution in [0.2, 0.25) is 0 Å². The summed E-state index contributed by atoms with van der Waals surface area (Å²) in [7, 11) is 0. The smallest absolute Gasteiger partial charge is 0.338 e. The first kappa shape index (κ1) is 22.0.